The Hall–Kier alpha value is -0.740. The van der Waals surface area contributed by atoms with E-state index in [0.29, 0.717) is 35.0 Å². The van der Waals surface area contributed by atoms with Crippen molar-refractivity contribution in [2.45, 2.75) is 65.9 Å². The van der Waals surface area contributed by atoms with Crippen LogP contribution < -0.4 is 0 Å². The lowest BCUT2D eigenvalue weighted by Gasteiger charge is -2.61. The molecule has 26 heavy (non-hydrogen) atoms. The zero-order chi connectivity index (χ0) is 19.3. The van der Waals surface area contributed by atoms with Gasteiger partial charge in [0.15, 0.2) is 0 Å². The third kappa shape index (κ3) is 2.97. The van der Waals surface area contributed by atoms with Crippen LogP contribution in [-0.2, 0) is 9.59 Å². The monoisotopic (exact) mass is 364 g/mol. The number of aliphatic hydroxyl groups excluding tert-OH is 2. The van der Waals surface area contributed by atoms with E-state index in [4.69, 9.17) is 0 Å². The third-order valence-electron chi connectivity index (χ3n) is 9.01. The Morgan fingerprint density at radius 2 is 1.42 bits per heavy atom. The number of carbonyl (C=O) groups excluding carboxylic acids is 2. The average molecular weight is 365 g/mol. The van der Waals surface area contributed by atoms with E-state index >= 15 is 0 Å². The second-order valence-electron chi connectivity index (χ2n) is 10.5. The van der Waals surface area contributed by atoms with Crippen LogP contribution in [-0.4, -0.2) is 35.5 Å². The highest BCUT2D eigenvalue weighted by molar-refractivity contribution is 5.55. The first kappa shape index (κ1) is 20.0. The lowest BCUT2D eigenvalue weighted by atomic mass is 9.43. The van der Waals surface area contributed by atoms with E-state index in [1.54, 1.807) is 0 Å². The van der Waals surface area contributed by atoms with E-state index in [9.17, 15) is 19.8 Å². The molecule has 0 aromatic rings. The van der Waals surface area contributed by atoms with Gasteiger partial charge in [0.25, 0.3) is 0 Å². The van der Waals surface area contributed by atoms with Gasteiger partial charge in [-0.1, -0.05) is 27.7 Å². The molecular weight excluding hydrogens is 328 g/mol. The fraction of sp³-hybridized carbons (Fsp3) is 0.909. The highest BCUT2D eigenvalue weighted by Gasteiger charge is 2.58. The van der Waals surface area contributed by atoms with E-state index in [0.717, 1.165) is 31.3 Å². The first-order valence-corrected chi connectivity index (χ1v) is 10.4. The van der Waals surface area contributed by atoms with E-state index in [1.807, 2.05) is 0 Å². The van der Waals surface area contributed by atoms with Crippen LogP contribution in [0.25, 0.3) is 0 Å². The van der Waals surface area contributed by atoms with E-state index in [1.165, 1.54) is 12.8 Å². The normalized spacial score (nSPS) is 46.7. The largest absolute Gasteiger partial charge is 0.396 e. The van der Waals surface area contributed by atoms with Crippen molar-refractivity contribution < 1.29 is 19.8 Å². The lowest BCUT2D eigenvalue weighted by Crippen LogP contribution is -2.57. The summed E-state index contributed by atoms with van der Waals surface area (Å²) in [5, 5.41) is 19.0. The van der Waals surface area contributed by atoms with Gasteiger partial charge in [0.1, 0.15) is 12.6 Å². The molecule has 6 rings (SSSR count). The summed E-state index contributed by atoms with van der Waals surface area (Å²) in [4.78, 5) is 21.3. The molecule has 6 aliphatic rings. The van der Waals surface area contributed by atoms with Crippen LogP contribution >= 0.6 is 0 Å². The minimum absolute atomic E-state index is 0.127. The van der Waals surface area contributed by atoms with Crippen molar-refractivity contribution in [1.29, 1.82) is 0 Å². The second-order valence-corrected chi connectivity index (χ2v) is 10.5. The average Bonchev–Trinajstić information content (AvgIpc) is 2.62. The molecule has 0 aromatic carbocycles. The van der Waals surface area contributed by atoms with Crippen molar-refractivity contribution in [3.05, 3.63) is 0 Å². The molecule has 4 bridgehead atoms. The fourth-order valence-corrected chi connectivity index (χ4v) is 6.75. The molecule has 4 unspecified atom stereocenters. The van der Waals surface area contributed by atoms with E-state index in [-0.39, 0.29) is 30.5 Å². The Morgan fingerprint density at radius 3 is 1.88 bits per heavy atom. The quantitative estimate of drug-likeness (QED) is 0.752. The number of aldehydes is 2. The van der Waals surface area contributed by atoms with Crippen LogP contribution in [0, 0.1) is 52.3 Å². The van der Waals surface area contributed by atoms with Crippen LogP contribution in [0.3, 0.4) is 0 Å². The second kappa shape index (κ2) is 7.01. The smallest absolute Gasteiger partial charge is 0.123 e. The summed E-state index contributed by atoms with van der Waals surface area (Å²) in [6.07, 6.45) is 6.69. The zero-order valence-corrected chi connectivity index (χ0v) is 16.7. The minimum Gasteiger partial charge on any atom is -0.396 e. The van der Waals surface area contributed by atoms with Gasteiger partial charge in [0.2, 0.25) is 0 Å². The summed E-state index contributed by atoms with van der Waals surface area (Å²) in [6, 6.07) is 0. The summed E-state index contributed by atoms with van der Waals surface area (Å²) >= 11 is 0. The predicted octanol–water partition coefficient (Wildman–Crippen LogP) is 3.09. The fourth-order valence-electron chi connectivity index (χ4n) is 6.75. The maximum Gasteiger partial charge on any atom is 0.123 e. The first-order chi connectivity index (χ1) is 12.2. The van der Waals surface area contributed by atoms with Gasteiger partial charge < -0.3 is 19.8 Å². The van der Waals surface area contributed by atoms with Gasteiger partial charge in [-0.3, -0.25) is 0 Å². The van der Waals surface area contributed by atoms with Gasteiger partial charge in [0, 0.05) is 18.9 Å². The Labute approximate surface area is 157 Å². The maximum absolute atomic E-state index is 10.8. The maximum atomic E-state index is 10.8. The predicted molar refractivity (Wildman–Crippen MR) is 100 cm³/mol. The van der Waals surface area contributed by atoms with Crippen molar-refractivity contribution >= 4 is 12.6 Å². The molecular formula is C22H36O4. The Bertz CT molecular complexity index is 528. The molecule has 0 aromatic heterocycles. The molecule has 0 spiro atoms. The molecule has 6 saturated carbocycles. The zero-order valence-electron chi connectivity index (χ0n) is 16.7. The molecule has 0 radical (unpaired) electrons. The molecule has 4 nitrogen and oxygen atoms in total. The van der Waals surface area contributed by atoms with Crippen molar-refractivity contribution in [1.82, 2.24) is 0 Å². The van der Waals surface area contributed by atoms with Gasteiger partial charge >= 0.3 is 0 Å². The highest BCUT2D eigenvalue weighted by Crippen LogP contribution is 2.63. The first-order valence-electron chi connectivity index (χ1n) is 10.4. The third-order valence-corrected chi connectivity index (χ3v) is 9.01. The summed E-state index contributed by atoms with van der Waals surface area (Å²) in [6.45, 7) is 9.28. The molecule has 0 saturated heterocycles. The van der Waals surface area contributed by atoms with Crippen LogP contribution in [0.4, 0.5) is 0 Å². The Morgan fingerprint density at radius 1 is 0.885 bits per heavy atom. The minimum atomic E-state index is -0.220. The summed E-state index contributed by atoms with van der Waals surface area (Å²) in [5.41, 5.74) is 0.736. The number of rotatable bonds is 4. The number of hydrogen-bond donors (Lipinski definition) is 2. The number of carbonyl (C=O) groups is 2. The van der Waals surface area contributed by atoms with Crippen molar-refractivity contribution in [2.24, 2.45) is 52.3 Å². The van der Waals surface area contributed by atoms with Crippen LogP contribution in [0.1, 0.15) is 59.8 Å². The highest BCUT2D eigenvalue weighted by atomic mass is 16.3. The topological polar surface area (TPSA) is 74.6 Å². The Kier molecular flexibility index (Phi) is 5.40. The molecule has 6 aliphatic carbocycles. The van der Waals surface area contributed by atoms with Crippen LogP contribution in [0.5, 0.6) is 0 Å². The van der Waals surface area contributed by atoms with Crippen molar-refractivity contribution in [3.8, 4) is 0 Å². The van der Waals surface area contributed by atoms with Crippen LogP contribution in [0.2, 0.25) is 0 Å². The van der Waals surface area contributed by atoms with Gasteiger partial charge in [-0.05, 0) is 72.0 Å². The standard InChI is InChI=1S/2C11H18O2/c1-11(2)8-3-7(5-12)9(6-13)10(11)4-8;1-11(2)7-5-9(11)8(3-4-12)10(13)6-7/h5,7-10,13H,3-4,6H2,1-2H3;4,7-10,13H,3,5-6H2,1-2H3/t7?,8-,9?,10-;7-,8?,9+,10?/m10/s1. The van der Waals surface area contributed by atoms with Gasteiger partial charge in [0.05, 0.1) is 6.10 Å². The SMILES string of the molecule is CC1(C)[C@@H]2CC(C=O)C(CO)[C@H]1C2.CC1(C)[C@@H]2CC(O)C(CC=O)[C@H]1C2. The molecule has 0 aliphatic heterocycles. The van der Waals surface area contributed by atoms with Gasteiger partial charge in [-0.2, -0.15) is 0 Å². The number of aliphatic hydroxyl groups is 2. The van der Waals surface area contributed by atoms with Crippen molar-refractivity contribution in [2.75, 3.05) is 6.61 Å². The Balaban J connectivity index is 0.000000151. The van der Waals surface area contributed by atoms with E-state index in [2.05, 4.69) is 27.7 Å². The summed E-state index contributed by atoms with van der Waals surface area (Å²) < 4.78 is 0. The molecule has 8 atom stereocenters. The molecule has 148 valence electrons. The number of fused-ring (bicyclic) bond motifs is 4. The van der Waals surface area contributed by atoms with Crippen LogP contribution in [0.15, 0.2) is 0 Å². The summed E-state index contributed by atoms with van der Waals surface area (Å²) in [7, 11) is 0. The van der Waals surface area contributed by atoms with E-state index < -0.39 is 0 Å². The molecule has 0 amide bonds. The van der Waals surface area contributed by atoms with Crippen molar-refractivity contribution in [3.63, 3.8) is 0 Å². The lowest BCUT2D eigenvalue weighted by molar-refractivity contribution is -0.163. The molecule has 2 N–H and O–H groups in total. The van der Waals surface area contributed by atoms with Gasteiger partial charge in [-0.25, -0.2) is 0 Å². The molecule has 0 heterocycles. The molecule has 6 fully saturated rings. The molecule has 4 heteroatoms. The summed E-state index contributed by atoms with van der Waals surface area (Å²) in [5.74, 6) is 3.15. The number of hydrogen-bond acceptors (Lipinski definition) is 4. The van der Waals surface area contributed by atoms with Gasteiger partial charge in [-0.15, -0.1) is 0 Å².